The number of hydrogen-bond donors (Lipinski definition) is 0. The van der Waals surface area contributed by atoms with Crippen LogP contribution in [-0.4, -0.2) is 35.2 Å². The predicted molar refractivity (Wildman–Crippen MR) is 49.1 cm³/mol. The summed E-state index contributed by atoms with van der Waals surface area (Å²) < 4.78 is 4.93. The van der Waals surface area contributed by atoms with Crippen LogP contribution in [0.1, 0.15) is 18.1 Å². The fourth-order valence-corrected chi connectivity index (χ4v) is 1.40. The molecule has 0 spiro atoms. The summed E-state index contributed by atoms with van der Waals surface area (Å²) in [7, 11) is 2.11. The molecule has 0 aromatic carbocycles. The van der Waals surface area contributed by atoms with Crippen molar-refractivity contribution in [3.05, 3.63) is 17.8 Å². The van der Waals surface area contributed by atoms with Crippen molar-refractivity contribution in [3.8, 4) is 0 Å². The number of nitrogens with zero attached hydrogens (tertiary/aromatic N) is 3. The Hall–Kier alpha value is -1.16. The van der Waals surface area contributed by atoms with Crippen LogP contribution in [0.3, 0.4) is 0 Å². The first-order chi connectivity index (χ1) is 6.25. The first-order valence-corrected chi connectivity index (χ1v) is 4.44. The predicted octanol–water partition coefficient (Wildman–Crippen LogP) is 1.10. The molecule has 1 aliphatic heterocycles. The van der Waals surface area contributed by atoms with Crippen LogP contribution in [0.15, 0.2) is 10.6 Å². The van der Waals surface area contributed by atoms with E-state index in [-0.39, 0.29) is 0 Å². The summed E-state index contributed by atoms with van der Waals surface area (Å²) in [5.74, 6) is 1.39. The number of rotatable bonds is 1. The summed E-state index contributed by atoms with van der Waals surface area (Å²) in [5, 5.41) is 3.89. The largest absolute Gasteiger partial charge is 0.339 e. The van der Waals surface area contributed by atoms with Crippen LogP contribution in [0.4, 0.5) is 0 Å². The molecule has 4 nitrogen and oxygen atoms in total. The molecule has 0 N–H and O–H groups in total. The fraction of sp³-hybridized carbons (Fsp3) is 0.556. The van der Waals surface area contributed by atoms with Crippen molar-refractivity contribution in [2.75, 3.05) is 20.1 Å². The van der Waals surface area contributed by atoms with Gasteiger partial charge in [0.2, 0.25) is 5.89 Å². The molecule has 4 heteroatoms. The molecule has 0 radical (unpaired) electrons. The van der Waals surface area contributed by atoms with Gasteiger partial charge in [0.05, 0.1) is 0 Å². The van der Waals surface area contributed by atoms with E-state index in [0.29, 0.717) is 5.89 Å². The van der Waals surface area contributed by atoms with Crippen molar-refractivity contribution in [3.63, 3.8) is 0 Å². The Morgan fingerprint density at radius 2 is 2.38 bits per heavy atom. The standard InChI is InChI=1S/C9H13N3O/c1-7-10-9(11-13-7)8-3-5-12(2)6-4-8/h3H,4-6H2,1-2H3. The van der Waals surface area contributed by atoms with Crippen LogP contribution in [-0.2, 0) is 0 Å². The van der Waals surface area contributed by atoms with Gasteiger partial charge in [0.15, 0.2) is 5.82 Å². The summed E-state index contributed by atoms with van der Waals surface area (Å²) >= 11 is 0. The van der Waals surface area contributed by atoms with Crippen molar-refractivity contribution in [1.82, 2.24) is 15.0 Å². The summed E-state index contributed by atoms with van der Waals surface area (Å²) in [4.78, 5) is 6.46. The third-order valence-electron chi connectivity index (χ3n) is 2.23. The van der Waals surface area contributed by atoms with Gasteiger partial charge in [-0.25, -0.2) is 0 Å². The van der Waals surface area contributed by atoms with E-state index in [1.165, 1.54) is 5.57 Å². The summed E-state index contributed by atoms with van der Waals surface area (Å²) in [5.41, 5.74) is 1.20. The van der Waals surface area contributed by atoms with Gasteiger partial charge in [-0.2, -0.15) is 4.98 Å². The second kappa shape index (κ2) is 3.30. The quantitative estimate of drug-likeness (QED) is 0.647. The topological polar surface area (TPSA) is 42.2 Å². The van der Waals surface area contributed by atoms with E-state index in [1.54, 1.807) is 0 Å². The minimum atomic E-state index is 0.634. The zero-order valence-corrected chi connectivity index (χ0v) is 7.95. The van der Waals surface area contributed by atoms with E-state index in [0.717, 1.165) is 25.3 Å². The summed E-state index contributed by atoms with van der Waals surface area (Å²) in [6.07, 6.45) is 3.17. The molecule has 0 fully saturated rings. The maximum absolute atomic E-state index is 4.93. The fourth-order valence-electron chi connectivity index (χ4n) is 1.40. The number of hydrogen-bond acceptors (Lipinski definition) is 4. The molecule has 13 heavy (non-hydrogen) atoms. The second-order valence-electron chi connectivity index (χ2n) is 3.38. The zero-order valence-electron chi connectivity index (χ0n) is 7.95. The highest BCUT2D eigenvalue weighted by Crippen LogP contribution is 2.18. The van der Waals surface area contributed by atoms with E-state index >= 15 is 0 Å². The minimum absolute atomic E-state index is 0.634. The lowest BCUT2D eigenvalue weighted by Gasteiger charge is -2.19. The molecule has 1 aliphatic rings. The minimum Gasteiger partial charge on any atom is -0.339 e. The SMILES string of the molecule is Cc1nc(C2=CCN(C)CC2)no1. The van der Waals surface area contributed by atoms with Gasteiger partial charge >= 0.3 is 0 Å². The van der Waals surface area contributed by atoms with E-state index < -0.39 is 0 Å². The molecule has 0 amide bonds. The average Bonchev–Trinajstić information content (AvgIpc) is 2.53. The highest BCUT2D eigenvalue weighted by molar-refractivity contribution is 5.60. The number of likely N-dealkylation sites (N-methyl/N-ethyl adjacent to an activating group) is 1. The Morgan fingerprint density at radius 1 is 1.54 bits per heavy atom. The zero-order chi connectivity index (χ0) is 9.26. The third-order valence-corrected chi connectivity index (χ3v) is 2.23. The van der Waals surface area contributed by atoms with Gasteiger partial charge in [-0.1, -0.05) is 11.2 Å². The number of aromatic nitrogens is 2. The first kappa shape index (κ1) is 8.44. The van der Waals surface area contributed by atoms with Crippen LogP contribution < -0.4 is 0 Å². The molecule has 1 aromatic heterocycles. The van der Waals surface area contributed by atoms with Gasteiger partial charge in [0.1, 0.15) is 0 Å². The van der Waals surface area contributed by atoms with Crippen LogP contribution in [0.2, 0.25) is 0 Å². The smallest absolute Gasteiger partial charge is 0.223 e. The van der Waals surface area contributed by atoms with Gasteiger partial charge in [-0.15, -0.1) is 0 Å². The summed E-state index contributed by atoms with van der Waals surface area (Å²) in [6.45, 7) is 3.86. The molecule has 0 saturated heterocycles. The molecule has 2 heterocycles. The monoisotopic (exact) mass is 179 g/mol. The Balaban J connectivity index is 2.18. The van der Waals surface area contributed by atoms with E-state index in [9.17, 15) is 0 Å². The highest BCUT2D eigenvalue weighted by Gasteiger charge is 2.13. The van der Waals surface area contributed by atoms with Gasteiger partial charge in [-0.05, 0) is 19.0 Å². The van der Waals surface area contributed by atoms with Gasteiger partial charge in [-0.3, -0.25) is 0 Å². The van der Waals surface area contributed by atoms with Gasteiger partial charge < -0.3 is 9.42 Å². The lowest BCUT2D eigenvalue weighted by atomic mass is 10.1. The Labute approximate surface area is 77.2 Å². The molecule has 2 rings (SSSR count). The Bertz CT molecular complexity index is 329. The van der Waals surface area contributed by atoms with Crippen molar-refractivity contribution in [2.45, 2.75) is 13.3 Å². The third kappa shape index (κ3) is 1.78. The molecule has 70 valence electrons. The lowest BCUT2D eigenvalue weighted by Crippen LogP contribution is -2.23. The van der Waals surface area contributed by atoms with E-state index in [4.69, 9.17) is 4.52 Å². The summed E-state index contributed by atoms with van der Waals surface area (Å²) in [6, 6.07) is 0. The second-order valence-corrected chi connectivity index (χ2v) is 3.38. The van der Waals surface area contributed by atoms with Crippen LogP contribution in [0.5, 0.6) is 0 Å². The molecule has 0 atom stereocenters. The van der Waals surface area contributed by atoms with Crippen LogP contribution in [0, 0.1) is 6.92 Å². The molecule has 0 bridgehead atoms. The molecule has 0 aliphatic carbocycles. The number of aryl methyl sites for hydroxylation is 1. The maximum Gasteiger partial charge on any atom is 0.223 e. The van der Waals surface area contributed by atoms with E-state index in [1.807, 2.05) is 6.92 Å². The average molecular weight is 179 g/mol. The van der Waals surface area contributed by atoms with Crippen LogP contribution in [0.25, 0.3) is 5.57 Å². The first-order valence-electron chi connectivity index (χ1n) is 4.44. The normalized spacial score (nSPS) is 18.8. The molecule has 1 aromatic rings. The van der Waals surface area contributed by atoms with Crippen molar-refractivity contribution in [2.24, 2.45) is 0 Å². The highest BCUT2D eigenvalue weighted by atomic mass is 16.5. The Morgan fingerprint density at radius 3 is 2.92 bits per heavy atom. The van der Waals surface area contributed by atoms with E-state index in [2.05, 4.69) is 28.2 Å². The molecule has 0 saturated carbocycles. The van der Waals surface area contributed by atoms with Crippen molar-refractivity contribution >= 4 is 5.57 Å². The molecular formula is C9H13N3O. The maximum atomic E-state index is 4.93. The molecule has 0 unspecified atom stereocenters. The Kier molecular flexibility index (Phi) is 2.14. The van der Waals surface area contributed by atoms with Crippen molar-refractivity contribution in [1.29, 1.82) is 0 Å². The molecular weight excluding hydrogens is 166 g/mol. The van der Waals surface area contributed by atoms with Gasteiger partial charge in [0.25, 0.3) is 0 Å². The van der Waals surface area contributed by atoms with Crippen LogP contribution >= 0.6 is 0 Å². The lowest BCUT2D eigenvalue weighted by molar-refractivity contribution is 0.367. The van der Waals surface area contributed by atoms with Crippen molar-refractivity contribution < 1.29 is 4.52 Å². The van der Waals surface area contributed by atoms with Gasteiger partial charge in [0, 0.05) is 20.0 Å².